The van der Waals surface area contributed by atoms with E-state index in [1.54, 1.807) is 6.07 Å². The highest BCUT2D eigenvalue weighted by atomic mass is 16.5. The van der Waals surface area contributed by atoms with Crippen molar-refractivity contribution in [3.8, 4) is 0 Å². The quantitative estimate of drug-likeness (QED) is 0.932. The first kappa shape index (κ1) is 16.0. The minimum atomic E-state index is -0.364. The van der Waals surface area contributed by atoms with Gasteiger partial charge in [0.05, 0.1) is 0 Å². The molecule has 0 saturated carbocycles. The Balaban J connectivity index is 1.66. The summed E-state index contributed by atoms with van der Waals surface area (Å²) < 4.78 is 5.38. The van der Waals surface area contributed by atoms with Crippen LogP contribution in [0.5, 0.6) is 0 Å². The van der Waals surface area contributed by atoms with E-state index in [4.69, 9.17) is 4.74 Å². The molecule has 2 fully saturated rings. The third-order valence-corrected chi connectivity index (χ3v) is 4.54. The summed E-state index contributed by atoms with van der Waals surface area (Å²) in [7, 11) is 0. The highest BCUT2D eigenvalue weighted by Gasteiger charge is 2.25. The van der Waals surface area contributed by atoms with Crippen LogP contribution < -0.4 is 5.32 Å². The number of hydrogen-bond acceptors (Lipinski definition) is 3. The molecule has 0 bridgehead atoms. The molecule has 0 aliphatic carbocycles. The Labute approximate surface area is 137 Å². The van der Waals surface area contributed by atoms with Gasteiger partial charge in [0.25, 0.3) is 11.8 Å². The molecule has 2 amide bonds. The SMILES string of the molecule is C[C@@H]1CCCN(C(=O)c2cccc(NC(=O)[C@@H]3CCCO3)c2)C1. The van der Waals surface area contributed by atoms with Gasteiger partial charge in [0.1, 0.15) is 6.10 Å². The number of amides is 2. The second kappa shape index (κ2) is 7.13. The normalized spacial score (nSPS) is 24.5. The number of benzene rings is 1. The van der Waals surface area contributed by atoms with Crippen LogP contribution in [0.15, 0.2) is 24.3 Å². The standard InChI is InChI=1S/C18H24N2O3/c1-13-5-3-9-20(12-13)18(22)14-6-2-7-15(11-14)19-17(21)16-8-4-10-23-16/h2,6-7,11,13,16H,3-5,8-10,12H2,1H3,(H,19,21)/t13-,16+/m1/s1. The lowest BCUT2D eigenvalue weighted by molar-refractivity contribution is -0.124. The molecule has 124 valence electrons. The molecule has 5 nitrogen and oxygen atoms in total. The summed E-state index contributed by atoms with van der Waals surface area (Å²) in [5.74, 6) is 0.471. The molecule has 0 aromatic heterocycles. The molecule has 1 aromatic carbocycles. The lowest BCUT2D eigenvalue weighted by Crippen LogP contribution is -2.39. The minimum absolute atomic E-state index is 0.0461. The molecule has 2 atom stereocenters. The van der Waals surface area contributed by atoms with Crippen molar-refractivity contribution in [3.05, 3.63) is 29.8 Å². The minimum Gasteiger partial charge on any atom is -0.368 e. The zero-order valence-electron chi connectivity index (χ0n) is 13.6. The van der Waals surface area contributed by atoms with E-state index in [0.717, 1.165) is 32.4 Å². The van der Waals surface area contributed by atoms with E-state index >= 15 is 0 Å². The molecule has 0 spiro atoms. The number of rotatable bonds is 3. The van der Waals surface area contributed by atoms with Gasteiger partial charge in [0, 0.05) is 30.9 Å². The lowest BCUT2D eigenvalue weighted by Gasteiger charge is -2.31. The monoisotopic (exact) mass is 316 g/mol. The molecule has 3 rings (SSSR count). The highest BCUT2D eigenvalue weighted by molar-refractivity contribution is 5.98. The summed E-state index contributed by atoms with van der Waals surface area (Å²) in [6.07, 6.45) is 3.56. The van der Waals surface area contributed by atoms with Crippen LogP contribution in [0, 0.1) is 5.92 Å². The lowest BCUT2D eigenvalue weighted by atomic mass is 9.99. The number of carbonyl (C=O) groups is 2. The zero-order chi connectivity index (χ0) is 16.2. The maximum absolute atomic E-state index is 12.6. The number of ether oxygens (including phenoxy) is 1. The van der Waals surface area contributed by atoms with Crippen molar-refractivity contribution in [2.45, 2.75) is 38.7 Å². The van der Waals surface area contributed by atoms with Gasteiger partial charge in [-0.15, -0.1) is 0 Å². The van der Waals surface area contributed by atoms with Crippen LogP contribution in [0.2, 0.25) is 0 Å². The van der Waals surface area contributed by atoms with E-state index in [2.05, 4.69) is 12.2 Å². The number of likely N-dealkylation sites (tertiary alicyclic amines) is 1. The third kappa shape index (κ3) is 3.91. The van der Waals surface area contributed by atoms with Crippen molar-refractivity contribution in [1.82, 2.24) is 4.90 Å². The Bertz CT molecular complexity index is 581. The summed E-state index contributed by atoms with van der Waals surface area (Å²) >= 11 is 0. The van der Waals surface area contributed by atoms with Gasteiger partial charge in [-0.3, -0.25) is 9.59 Å². The largest absolute Gasteiger partial charge is 0.368 e. The van der Waals surface area contributed by atoms with Gasteiger partial charge in [-0.05, 0) is 49.8 Å². The Hall–Kier alpha value is -1.88. The van der Waals surface area contributed by atoms with Crippen LogP contribution in [0.1, 0.15) is 43.0 Å². The van der Waals surface area contributed by atoms with Crippen LogP contribution in [-0.4, -0.2) is 42.5 Å². The van der Waals surface area contributed by atoms with Crippen molar-refractivity contribution in [2.24, 2.45) is 5.92 Å². The van der Waals surface area contributed by atoms with E-state index in [9.17, 15) is 9.59 Å². The summed E-state index contributed by atoms with van der Waals surface area (Å²) in [5, 5.41) is 2.86. The average Bonchev–Trinajstić information content (AvgIpc) is 3.09. The van der Waals surface area contributed by atoms with Gasteiger partial charge in [-0.1, -0.05) is 13.0 Å². The van der Waals surface area contributed by atoms with Crippen molar-refractivity contribution >= 4 is 17.5 Å². The smallest absolute Gasteiger partial charge is 0.253 e. The molecule has 0 radical (unpaired) electrons. The number of carbonyl (C=O) groups excluding carboxylic acids is 2. The molecule has 2 heterocycles. The Morgan fingerprint density at radius 2 is 2.13 bits per heavy atom. The summed E-state index contributed by atoms with van der Waals surface area (Å²) in [5.41, 5.74) is 1.28. The van der Waals surface area contributed by atoms with Crippen LogP contribution in [0.25, 0.3) is 0 Å². The number of piperidine rings is 1. The third-order valence-electron chi connectivity index (χ3n) is 4.54. The number of nitrogens with one attached hydrogen (secondary N) is 1. The van der Waals surface area contributed by atoms with Gasteiger partial charge in [-0.2, -0.15) is 0 Å². The van der Waals surface area contributed by atoms with Gasteiger partial charge in [0.2, 0.25) is 0 Å². The molecule has 0 unspecified atom stereocenters. The van der Waals surface area contributed by atoms with Gasteiger partial charge < -0.3 is 15.0 Å². The number of anilines is 1. The highest BCUT2D eigenvalue weighted by Crippen LogP contribution is 2.20. The molecule has 2 saturated heterocycles. The van der Waals surface area contributed by atoms with Crippen molar-refractivity contribution in [3.63, 3.8) is 0 Å². The number of nitrogens with zero attached hydrogens (tertiary/aromatic N) is 1. The van der Waals surface area contributed by atoms with Crippen molar-refractivity contribution in [1.29, 1.82) is 0 Å². The predicted octanol–water partition coefficient (Wildman–Crippen LogP) is 2.68. The summed E-state index contributed by atoms with van der Waals surface area (Å²) in [6.45, 7) is 4.45. The molecule has 5 heteroatoms. The molecular formula is C18H24N2O3. The molecule has 1 aromatic rings. The van der Waals surface area contributed by atoms with E-state index in [1.807, 2.05) is 23.1 Å². The second-order valence-corrected chi connectivity index (χ2v) is 6.57. The van der Waals surface area contributed by atoms with E-state index in [0.29, 0.717) is 23.8 Å². The van der Waals surface area contributed by atoms with Crippen LogP contribution in [0.3, 0.4) is 0 Å². The Kier molecular flexibility index (Phi) is 4.96. The van der Waals surface area contributed by atoms with Crippen molar-refractivity contribution in [2.75, 3.05) is 25.0 Å². The molecule has 1 N–H and O–H groups in total. The first-order valence-corrected chi connectivity index (χ1v) is 8.45. The fourth-order valence-corrected chi connectivity index (χ4v) is 3.29. The van der Waals surface area contributed by atoms with Crippen LogP contribution in [0.4, 0.5) is 5.69 Å². The fourth-order valence-electron chi connectivity index (χ4n) is 3.29. The zero-order valence-corrected chi connectivity index (χ0v) is 13.6. The first-order valence-electron chi connectivity index (χ1n) is 8.45. The molecule has 2 aliphatic heterocycles. The molecular weight excluding hydrogens is 292 g/mol. The van der Waals surface area contributed by atoms with Gasteiger partial charge >= 0.3 is 0 Å². The molecule has 2 aliphatic rings. The van der Waals surface area contributed by atoms with Gasteiger partial charge in [-0.25, -0.2) is 0 Å². The maximum atomic E-state index is 12.6. The fraction of sp³-hybridized carbons (Fsp3) is 0.556. The average molecular weight is 316 g/mol. The van der Waals surface area contributed by atoms with Gasteiger partial charge in [0.15, 0.2) is 0 Å². The van der Waals surface area contributed by atoms with E-state index in [-0.39, 0.29) is 17.9 Å². The maximum Gasteiger partial charge on any atom is 0.253 e. The Morgan fingerprint density at radius 3 is 2.87 bits per heavy atom. The second-order valence-electron chi connectivity index (χ2n) is 6.57. The summed E-state index contributed by atoms with van der Waals surface area (Å²) in [4.78, 5) is 26.6. The first-order chi connectivity index (χ1) is 11.1. The molecule has 23 heavy (non-hydrogen) atoms. The van der Waals surface area contributed by atoms with E-state index in [1.165, 1.54) is 6.42 Å². The summed E-state index contributed by atoms with van der Waals surface area (Å²) in [6, 6.07) is 7.19. The topological polar surface area (TPSA) is 58.6 Å². The predicted molar refractivity (Wildman–Crippen MR) is 88.3 cm³/mol. The van der Waals surface area contributed by atoms with E-state index < -0.39 is 0 Å². The Morgan fingerprint density at radius 1 is 1.26 bits per heavy atom. The van der Waals surface area contributed by atoms with Crippen LogP contribution >= 0.6 is 0 Å². The van der Waals surface area contributed by atoms with Crippen molar-refractivity contribution < 1.29 is 14.3 Å². The number of hydrogen-bond donors (Lipinski definition) is 1. The van der Waals surface area contributed by atoms with Crippen LogP contribution in [-0.2, 0) is 9.53 Å².